The highest BCUT2D eigenvalue weighted by atomic mass is 32.1. The van der Waals surface area contributed by atoms with Crippen LogP contribution in [0, 0.1) is 19.8 Å². The standard InChI is InChI=1S/C12H19N3OS/c1-8-11(17-9(2)15-8)12(16)14-7-10-4-3-5-13-6-10/h10,13H,3-7H2,1-2H3,(H,14,16). The molecule has 1 aliphatic rings. The van der Waals surface area contributed by atoms with Gasteiger partial charge in [-0.2, -0.15) is 0 Å². The lowest BCUT2D eigenvalue weighted by Gasteiger charge is -2.22. The van der Waals surface area contributed by atoms with Crippen molar-refractivity contribution in [2.24, 2.45) is 5.92 Å². The molecule has 1 aromatic heterocycles. The van der Waals surface area contributed by atoms with Crippen molar-refractivity contribution in [3.8, 4) is 0 Å². The second kappa shape index (κ2) is 5.60. The van der Waals surface area contributed by atoms with Gasteiger partial charge in [0.25, 0.3) is 5.91 Å². The molecule has 1 aliphatic heterocycles. The van der Waals surface area contributed by atoms with Crippen LogP contribution in [0.4, 0.5) is 0 Å². The van der Waals surface area contributed by atoms with E-state index in [1.807, 2.05) is 13.8 Å². The summed E-state index contributed by atoms with van der Waals surface area (Å²) >= 11 is 1.47. The third-order valence-electron chi connectivity index (χ3n) is 3.06. The van der Waals surface area contributed by atoms with Crippen LogP contribution in [0.25, 0.3) is 0 Å². The first kappa shape index (κ1) is 12.5. The van der Waals surface area contributed by atoms with Gasteiger partial charge in [0.05, 0.1) is 10.7 Å². The van der Waals surface area contributed by atoms with Crippen molar-refractivity contribution in [3.05, 3.63) is 15.6 Å². The summed E-state index contributed by atoms with van der Waals surface area (Å²) in [6, 6.07) is 0. The average molecular weight is 253 g/mol. The number of hydrogen-bond acceptors (Lipinski definition) is 4. The molecule has 2 heterocycles. The molecular weight excluding hydrogens is 234 g/mol. The molecule has 1 amide bonds. The van der Waals surface area contributed by atoms with Crippen molar-refractivity contribution in [1.82, 2.24) is 15.6 Å². The normalized spacial score (nSPS) is 20.2. The van der Waals surface area contributed by atoms with E-state index in [2.05, 4.69) is 15.6 Å². The van der Waals surface area contributed by atoms with Crippen LogP contribution >= 0.6 is 11.3 Å². The van der Waals surface area contributed by atoms with E-state index in [1.165, 1.54) is 24.2 Å². The number of nitrogens with one attached hydrogen (secondary N) is 2. The molecule has 1 unspecified atom stereocenters. The molecule has 0 spiro atoms. The summed E-state index contributed by atoms with van der Waals surface area (Å²) in [5.74, 6) is 0.598. The van der Waals surface area contributed by atoms with Gasteiger partial charge in [-0.3, -0.25) is 4.79 Å². The Labute approximate surface area is 106 Å². The van der Waals surface area contributed by atoms with Gasteiger partial charge in [-0.15, -0.1) is 11.3 Å². The average Bonchev–Trinajstić information content (AvgIpc) is 2.67. The highest BCUT2D eigenvalue weighted by Crippen LogP contribution is 2.17. The number of carbonyl (C=O) groups excluding carboxylic acids is 1. The number of piperidine rings is 1. The van der Waals surface area contributed by atoms with E-state index in [4.69, 9.17) is 0 Å². The van der Waals surface area contributed by atoms with E-state index in [0.29, 0.717) is 5.92 Å². The Morgan fingerprint density at radius 1 is 1.59 bits per heavy atom. The molecule has 0 aromatic carbocycles. The molecule has 1 saturated heterocycles. The second-order valence-electron chi connectivity index (χ2n) is 4.57. The Balaban J connectivity index is 1.86. The van der Waals surface area contributed by atoms with E-state index < -0.39 is 0 Å². The lowest BCUT2D eigenvalue weighted by Crippen LogP contribution is -2.38. The number of aryl methyl sites for hydroxylation is 2. The van der Waals surface area contributed by atoms with Gasteiger partial charge in [-0.1, -0.05) is 0 Å². The van der Waals surface area contributed by atoms with E-state index in [0.717, 1.165) is 35.2 Å². The number of rotatable bonds is 3. The van der Waals surface area contributed by atoms with E-state index in [1.54, 1.807) is 0 Å². The van der Waals surface area contributed by atoms with Crippen LogP contribution in [0.1, 0.15) is 33.2 Å². The van der Waals surface area contributed by atoms with Crippen molar-refractivity contribution in [3.63, 3.8) is 0 Å². The molecule has 17 heavy (non-hydrogen) atoms. The molecule has 5 heteroatoms. The number of thiazole rings is 1. The van der Waals surface area contributed by atoms with Crippen molar-refractivity contribution in [2.45, 2.75) is 26.7 Å². The highest BCUT2D eigenvalue weighted by molar-refractivity contribution is 7.13. The van der Waals surface area contributed by atoms with Crippen LogP contribution in [0.2, 0.25) is 0 Å². The Hall–Kier alpha value is -0.940. The second-order valence-corrected chi connectivity index (χ2v) is 5.77. The van der Waals surface area contributed by atoms with Crippen molar-refractivity contribution >= 4 is 17.2 Å². The van der Waals surface area contributed by atoms with E-state index in [9.17, 15) is 4.79 Å². The van der Waals surface area contributed by atoms with Crippen LogP contribution in [0.3, 0.4) is 0 Å². The molecule has 1 atom stereocenters. The third kappa shape index (κ3) is 3.26. The Kier molecular flexibility index (Phi) is 4.12. The number of aromatic nitrogens is 1. The third-order valence-corrected chi connectivity index (χ3v) is 4.13. The van der Waals surface area contributed by atoms with Gasteiger partial charge >= 0.3 is 0 Å². The van der Waals surface area contributed by atoms with Gasteiger partial charge < -0.3 is 10.6 Å². The maximum absolute atomic E-state index is 12.0. The SMILES string of the molecule is Cc1nc(C)c(C(=O)NCC2CCCNC2)s1. The quantitative estimate of drug-likeness (QED) is 0.858. The number of carbonyl (C=O) groups is 1. The molecule has 2 rings (SSSR count). The molecule has 0 bridgehead atoms. The van der Waals surface area contributed by atoms with Crippen LogP contribution in [-0.2, 0) is 0 Å². The summed E-state index contributed by atoms with van der Waals surface area (Å²) in [7, 11) is 0. The lowest BCUT2D eigenvalue weighted by atomic mass is 10.00. The summed E-state index contributed by atoms with van der Waals surface area (Å²) < 4.78 is 0. The molecule has 94 valence electrons. The number of hydrogen-bond donors (Lipinski definition) is 2. The Morgan fingerprint density at radius 3 is 3.00 bits per heavy atom. The minimum absolute atomic E-state index is 0.0265. The predicted molar refractivity (Wildman–Crippen MR) is 69.5 cm³/mol. The fourth-order valence-corrected chi connectivity index (χ4v) is 2.99. The van der Waals surface area contributed by atoms with Crippen LogP contribution in [-0.4, -0.2) is 30.5 Å². The van der Waals surface area contributed by atoms with Crippen molar-refractivity contribution in [1.29, 1.82) is 0 Å². The zero-order valence-electron chi connectivity index (χ0n) is 10.4. The maximum Gasteiger partial charge on any atom is 0.263 e. The number of amides is 1. The maximum atomic E-state index is 12.0. The lowest BCUT2D eigenvalue weighted by molar-refractivity contribution is 0.0948. The van der Waals surface area contributed by atoms with Gasteiger partial charge in [0, 0.05) is 6.54 Å². The monoisotopic (exact) mass is 253 g/mol. The zero-order valence-corrected chi connectivity index (χ0v) is 11.2. The van der Waals surface area contributed by atoms with Crippen molar-refractivity contribution in [2.75, 3.05) is 19.6 Å². The van der Waals surface area contributed by atoms with Gasteiger partial charge in [0.2, 0.25) is 0 Å². The first-order valence-corrected chi connectivity index (χ1v) is 6.91. The largest absolute Gasteiger partial charge is 0.351 e. The number of nitrogens with zero attached hydrogens (tertiary/aromatic N) is 1. The minimum atomic E-state index is 0.0265. The zero-order chi connectivity index (χ0) is 12.3. The molecule has 4 nitrogen and oxygen atoms in total. The van der Waals surface area contributed by atoms with E-state index in [-0.39, 0.29) is 5.91 Å². The molecule has 1 fully saturated rings. The Morgan fingerprint density at radius 2 is 2.41 bits per heavy atom. The first-order valence-electron chi connectivity index (χ1n) is 6.09. The molecule has 2 N–H and O–H groups in total. The molecule has 0 aliphatic carbocycles. The van der Waals surface area contributed by atoms with Crippen LogP contribution in [0.5, 0.6) is 0 Å². The first-order chi connectivity index (χ1) is 8.16. The summed E-state index contributed by atoms with van der Waals surface area (Å²) in [4.78, 5) is 17.0. The fraction of sp³-hybridized carbons (Fsp3) is 0.667. The van der Waals surface area contributed by atoms with Crippen molar-refractivity contribution < 1.29 is 4.79 Å². The minimum Gasteiger partial charge on any atom is -0.351 e. The summed E-state index contributed by atoms with van der Waals surface area (Å²) in [5.41, 5.74) is 0.840. The van der Waals surface area contributed by atoms with Crippen LogP contribution < -0.4 is 10.6 Å². The Bertz CT molecular complexity index is 396. The fourth-order valence-electron chi connectivity index (χ4n) is 2.16. The predicted octanol–water partition coefficient (Wildman–Crippen LogP) is 1.49. The molecule has 0 radical (unpaired) electrons. The highest BCUT2D eigenvalue weighted by Gasteiger charge is 2.17. The molecule has 0 saturated carbocycles. The van der Waals surface area contributed by atoms with Gasteiger partial charge in [-0.05, 0) is 45.7 Å². The smallest absolute Gasteiger partial charge is 0.263 e. The van der Waals surface area contributed by atoms with Gasteiger partial charge in [0.1, 0.15) is 4.88 Å². The van der Waals surface area contributed by atoms with E-state index >= 15 is 0 Å². The summed E-state index contributed by atoms with van der Waals surface area (Å²) in [6.45, 7) is 6.71. The topological polar surface area (TPSA) is 54.0 Å². The van der Waals surface area contributed by atoms with Gasteiger partial charge in [-0.25, -0.2) is 4.98 Å². The molecular formula is C12H19N3OS. The molecule has 1 aromatic rings. The van der Waals surface area contributed by atoms with Gasteiger partial charge in [0.15, 0.2) is 0 Å². The van der Waals surface area contributed by atoms with Crippen LogP contribution in [0.15, 0.2) is 0 Å². The summed E-state index contributed by atoms with van der Waals surface area (Å²) in [6.07, 6.45) is 2.41. The summed E-state index contributed by atoms with van der Waals surface area (Å²) in [5, 5.41) is 7.32.